The van der Waals surface area contributed by atoms with E-state index < -0.39 is 0 Å². The number of halogens is 1. The monoisotopic (exact) mass is 714 g/mol. The quantitative estimate of drug-likeness (QED) is 0.117. The number of hydrogen-bond donors (Lipinski definition) is 4. The molecule has 13 heteroatoms. The number of anilines is 2. The summed E-state index contributed by atoms with van der Waals surface area (Å²) in [5.41, 5.74) is 7.00. The van der Waals surface area contributed by atoms with Crippen molar-refractivity contribution in [3.63, 3.8) is 0 Å². The molecule has 0 fully saturated rings. The van der Waals surface area contributed by atoms with Crippen molar-refractivity contribution in [3.05, 3.63) is 96.0 Å². The van der Waals surface area contributed by atoms with E-state index in [4.69, 9.17) is 0 Å². The van der Waals surface area contributed by atoms with Gasteiger partial charge in [0.2, 0.25) is 0 Å². The average Bonchev–Trinajstić information content (AvgIpc) is 3.66. The molecule has 0 aliphatic heterocycles. The van der Waals surface area contributed by atoms with E-state index in [-0.39, 0.29) is 12.1 Å². The fourth-order valence-electron chi connectivity index (χ4n) is 4.51. The lowest BCUT2D eigenvalue weighted by molar-refractivity contribution is 0.251. The molecular weight excluding hydrogens is 684 g/mol. The minimum Gasteiger partial charge on any atom is -0.338 e. The number of allylic oxidation sites excluding steroid dienone is 1. The van der Waals surface area contributed by atoms with Crippen LogP contribution < -0.4 is 21.3 Å². The first-order valence-electron chi connectivity index (χ1n) is 14.4. The van der Waals surface area contributed by atoms with E-state index in [1.807, 2.05) is 74.8 Å². The van der Waals surface area contributed by atoms with Crippen molar-refractivity contribution < 1.29 is 9.59 Å². The van der Waals surface area contributed by atoms with Gasteiger partial charge >= 0.3 is 12.1 Å². The number of hydrogen-bond acceptors (Lipinski definition) is 8. The molecule has 0 aliphatic rings. The fourth-order valence-corrected chi connectivity index (χ4v) is 7.01. The van der Waals surface area contributed by atoms with Crippen LogP contribution in [0.15, 0.2) is 90.4 Å². The topological polar surface area (TPSA) is 134 Å². The Morgan fingerprint density at radius 3 is 1.80 bits per heavy atom. The zero-order valence-corrected chi connectivity index (χ0v) is 28.4. The Labute approximate surface area is 282 Å². The van der Waals surface area contributed by atoms with E-state index in [0.29, 0.717) is 23.4 Å². The molecule has 10 nitrogen and oxygen atoms in total. The van der Waals surface area contributed by atoms with Crippen LogP contribution in [0.3, 0.4) is 0 Å². The van der Waals surface area contributed by atoms with Crippen molar-refractivity contribution >= 4 is 81.4 Å². The Morgan fingerprint density at radius 2 is 1.30 bits per heavy atom. The molecule has 4 amide bonds. The van der Waals surface area contributed by atoms with Gasteiger partial charge in [0, 0.05) is 53.5 Å². The maximum atomic E-state index is 11.7. The lowest BCUT2D eigenvalue weighted by Gasteiger charge is -2.05. The van der Waals surface area contributed by atoms with Gasteiger partial charge in [-0.2, -0.15) is 0 Å². The van der Waals surface area contributed by atoms with Gasteiger partial charge in [-0.05, 0) is 89.3 Å². The summed E-state index contributed by atoms with van der Waals surface area (Å²) in [5.74, 6) is 0. The van der Waals surface area contributed by atoms with Crippen molar-refractivity contribution in [2.24, 2.45) is 0 Å². The molecule has 0 atom stereocenters. The zero-order valence-electron chi connectivity index (χ0n) is 25.1. The van der Waals surface area contributed by atoms with Gasteiger partial charge in [-0.1, -0.05) is 40.9 Å². The van der Waals surface area contributed by atoms with Crippen LogP contribution >= 0.6 is 38.6 Å². The summed E-state index contributed by atoms with van der Waals surface area (Å²) in [7, 11) is 0. The Bertz CT molecular complexity index is 1980. The lowest BCUT2D eigenvalue weighted by atomic mass is 10.0. The molecule has 0 spiro atoms. The molecule has 0 saturated carbocycles. The number of pyridine rings is 2. The summed E-state index contributed by atoms with van der Waals surface area (Å²) < 4.78 is 3.01. The molecule has 6 aromatic rings. The third kappa shape index (κ3) is 8.10. The molecule has 4 heterocycles. The van der Waals surface area contributed by atoms with Crippen molar-refractivity contribution in [1.82, 2.24) is 30.6 Å². The van der Waals surface area contributed by atoms with Gasteiger partial charge in [-0.15, -0.1) is 6.58 Å². The SMILES string of the molecule is C=CCc1cc(-c2cccnc2)cc2nc(NC(=O)NCC)sc12.CCNC(=O)Nc1nc2cc(-c3cccnc3)cc(Br)c2s1. The maximum Gasteiger partial charge on any atom is 0.321 e. The second-order valence-electron chi connectivity index (χ2n) is 9.77. The smallest absolute Gasteiger partial charge is 0.321 e. The van der Waals surface area contributed by atoms with Gasteiger partial charge in [-0.25, -0.2) is 19.6 Å². The van der Waals surface area contributed by atoms with Crippen molar-refractivity contribution in [3.8, 4) is 22.3 Å². The second-order valence-corrected chi connectivity index (χ2v) is 12.6. The number of urea groups is 2. The van der Waals surface area contributed by atoms with E-state index in [1.54, 1.807) is 12.4 Å². The minimum absolute atomic E-state index is 0.241. The summed E-state index contributed by atoms with van der Waals surface area (Å²) in [5, 5.41) is 12.1. The molecule has 46 heavy (non-hydrogen) atoms. The largest absolute Gasteiger partial charge is 0.338 e. The second kappa shape index (κ2) is 15.5. The van der Waals surface area contributed by atoms with E-state index in [0.717, 1.165) is 59.1 Å². The van der Waals surface area contributed by atoms with Crippen LogP contribution in [0.5, 0.6) is 0 Å². The third-order valence-electron chi connectivity index (χ3n) is 6.48. The average molecular weight is 716 g/mol. The van der Waals surface area contributed by atoms with Gasteiger partial charge in [0.05, 0.1) is 20.4 Å². The van der Waals surface area contributed by atoms with Gasteiger partial charge in [0.15, 0.2) is 10.3 Å². The zero-order chi connectivity index (χ0) is 32.5. The molecule has 0 radical (unpaired) electrons. The van der Waals surface area contributed by atoms with Gasteiger partial charge < -0.3 is 10.6 Å². The van der Waals surface area contributed by atoms with Gasteiger partial charge in [0.1, 0.15) is 0 Å². The molecule has 4 aromatic heterocycles. The number of fused-ring (bicyclic) bond motifs is 2. The Morgan fingerprint density at radius 1 is 0.783 bits per heavy atom. The summed E-state index contributed by atoms with van der Waals surface area (Å²) in [6, 6.07) is 15.5. The van der Waals surface area contributed by atoms with Crippen LogP contribution in [0.2, 0.25) is 0 Å². The van der Waals surface area contributed by atoms with Gasteiger partial charge in [0.25, 0.3) is 0 Å². The predicted molar refractivity (Wildman–Crippen MR) is 193 cm³/mol. The van der Waals surface area contributed by atoms with Crippen LogP contribution in [-0.4, -0.2) is 45.1 Å². The first kappa shape index (κ1) is 32.7. The Kier molecular flexibility index (Phi) is 11.0. The Balaban J connectivity index is 0.000000182. The van der Waals surface area contributed by atoms with E-state index >= 15 is 0 Å². The Hall–Kier alpha value is -4.72. The number of thiazole rings is 2. The summed E-state index contributed by atoms with van der Waals surface area (Å²) in [6.45, 7) is 8.73. The first-order valence-corrected chi connectivity index (χ1v) is 16.9. The van der Waals surface area contributed by atoms with Crippen LogP contribution in [-0.2, 0) is 6.42 Å². The summed E-state index contributed by atoms with van der Waals surface area (Å²) in [4.78, 5) is 40.6. The van der Waals surface area contributed by atoms with E-state index in [2.05, 4.69) is 69.8 Å². The van der Waals surface area contributed by atoms with E-state index in [9.17, 15) is 9.59 Å². The van der Waals surface area contributed by atoms with E-state index in [1.165, 1.54) is 22.7 Å². The fraction of sp³-hybridized carbons (Fsp3) is 0.152. The maximum absolute atomic E-state index is 11.7. The summed E-state index contributed by atoms with van der Waals surface area (Å²) in [6.07, 6.45) is 9.76. The normalized spacial score (nSPS) is 10.6. The minimum atomic E-state index is -0.245. The van der Waals surface area contributed by atoms with Crippen LogP contribution in [0.4, 0.5) is 19.9 Å². The highest BCUT2D eigenvalue weighted by molar-refractivity contribution is 9.10. The van der Waals surface area contributed by atoms with Crippen molar-refractivity contribution in [2.45, 2.75) is 20.3 Å². The number of carbonyl (C=O) groups is 2. The highest BCUT2D eigenvalue weighted by Gasteiger charge is 2.14. The third-order valence-corrected chi connectivity index (χ3v) is 9.45. The molecule has 6 rings (SSSR count). The standard InChI is InChI=1S/C18H18N4OS.C15H13BrN4OS/c1-3-6-12-9-14(13-7-5-8-19-11-13)10-15-16(12)24-18(21-15)22-17(23)20-4-2;1-2-18-14(21)20-15-19-12-7-10(6-11(16)13(12)22-15)9-4-3-5-17-8-9/h3,5,7-11H,1,4,6H2,2H3,(H2,20,21,22,23);3-8H,2H2,1H3,(H2,18,19,20,21). The number of benzene rings is 2. The van der Waals surface area contributed by atoms with Crippen LogP contribution in [0.1, 0.15) is 19.4 Å². The number of rotatable bonds is 8. The number of carbonyl (C=O) groups excluding carboxylic acids is 2. The molecule has 0 bridgehead atoms. The van der Waals surface area contributed by atoms with Crippen LogP contribution in [0, 0.1) is 0 Å². The first-order chi connectivity index (χ1) is 22.4. The molecule has 0 saturated heterocycles. The number of nitrogens with one attached hydrogen (secondary N) is 4. The number of amides is 4. The number of nitrogens with zero attached hydrogens (tertiary/aromatic N) is 4. The van der Waals surface area contributed by atoms with Crippen LogP contribution in [0.25, 0.3) is 42.7 Å². The molecular formula is C33H31BrN8O2S2. The molecule has 2 aromatic carbocycles. The highest BCUT2D eigenvalue weighted by Crippen LogP contribution is 2.36. The molecule has 4 N–H and O–H groups in total. The summed E-state index contributed by atoms with van der Waals surface area (Å²) >= 11 is 6.49. The molecule has 234 valence electrons. The van der Waals surface area contributed by atoms with Crippen molar-refractivity contribution in [2.75, 3.05) is 23.7 Å². The molecule has 0 aliphatic carbocycles. The molecule has 0 unspecified atom stereocenters. The lowest BCUT2D eigenvalue weighted by Crippen LogP contribution is -2.28. The highest BCUT2D eigenvalue weighted by atomic mass is 79.9. The number of aromatic nitrogens is 4. The van der Waals surface area contributed by atoms with Crippen molar-refractivity contribution in [1.29, 1.82) is 0 Å². The van der Waals surface area contributed by atoms with Gasteiger partial charge in [-0.3, -0.25) is 20.6 Å². The predicted octanol–water partition coefficient (Wildman–Crippen LogP) is 8.49.